The van der Waals surface area contributed by atoms with Crippen LogP contribution in [0.15, 0.2) is 73.1 Å². The van der Waals surface area contributed by atoms with Crippen LogP contribution in [0.4, 0.5) is 20.6 Å². The van der Waals surface area contributed by atoms with Crippen LogP contribution in [0.2, 0.25) is 0 Å². The number of β-amino-alcohol motifs (C(OH)–C–C–N with tert-alkyl or cyclic N) is 1. The number of aromatic nitrogens is 2. The summed E-state index contributed by atoms with van der Waals surface area (Å²) in [4.78, 5) is 46.0. The fourth-order valence-electron chi connectivity index (χ4n) is 4.40. The number of aliphatic hydroxyl groups is 1. The van der Waals surface area contributed by atoms with E-state index in [9.17, 15) is 23.9 Å². The zero-order valence-electron chi connectivity index (χ0n) is 22.7. The third-order valence-electron chi connectivity index (χ3n) is 6.59. The number of aliphatic hydroxyl groups excluding tert-OH is 1. The van der Waals surface area contributed by atoms with Crippen molar-refractivity contribution in [2.24, 2.45) is 0 Å². The molecule has 42 heavy (non-hydrogen) atoms. The Bertz CT molecular complexity index is 1610. The van der Waals surface area contributed by atoms with Crippen molar-refractivity contribution in [1.82, 2.24) is 20.2 Å². The van der Waals surface area contributed by atoms with Gasteiger partial charge >= 0.3 is 6.03 Å². The standard InChI is InChI=1S/C30H29FN6O5/c1-18-2-7-24(31)25(12-18)36-30(41)35-20-3-5-22(6-4-20)42-23-8-10-32-27(14-23)26-13-19(15-33-26)29(40)34-16-28(39)37-11-9-21(38)17-37/h2-8,10,12-15,21,33,38H,9,11,16-17H2,1H3,(H,34,40)(H2,35,36,41)/t21-/m0/s1. The highest BCUT2D eigenvalue weighted by molar-refractivity contribution is 6.00. The summed E-state index contributed by atoms with van der Waals surface area (Å²) in [6.07, 6.45) is 3.12. The summed E-state index contributed by atoms with van der Waals surface area (Å²) in [5.74, 6) is -0.185. The van der Waals surface area contributed by atoms with E-state index in [1.54, 1.807) is 67.7 Å². The predicted octanol–water partition coefficient (Wildman–Crippen LogP) is 4.28. The molecule has 2 aromatic heterocycles. The van der Waals surface area contributed by atoms with Gasteiger partial charge in [-0.15, -0.1) is 0 Å². The summed E-state index contributed by atoms with van der Waals surface area (Å²) in [5.41, 5.74) is 2.84. The van der Waals surface area contributed by atoms with E-state index in [1.165, 1.54) is 17.2 Å². The lowest BCUT2D eigenvalue weighted by Crippen LogP contribution is -2.39. The second kappa shape index (κ2) is 12.5. The molecule has 5 N–H and O–H groups in total. The number of nitrogens with one attached hydrogen (secondary N) is 4. The highest BCUT2D eigenvalue weighted by atomic mass is 19.1. The number of aryl methyl sites for hydroxylation is 1. The third-order valence-corrected chi connectivity index (χ3v) is 6.59. The van der Waals surface area contributed by atoms with Crippen molar-refractivity contribution in [1.29, 1.82) is 0 Å². The van der Waals surface area contributed by atoms with Gasteiger partial charge in [-0.1, -0.05) is 6.07 Å². The van der Waals surface area contributed by atoms with E-state index in [4.69, 9.17) is 4.74 Å². The van der Waals surface area contributed by atoms with Gasteiger partial charge in [0.2, 0.25) is 5.91 Å². The van der Waals surface area contributed by atoms with Crippen LogP contribution in [-0.2, 0) is 4.79 Å². The number of carbonyl (C=O) groups is 3. The quantitative estimate of drug-likeness (QED) is 0.213. The van der Waals surface area contributed by atoms with E-state index in [1.807, 2.05) is 0 Å². The Morgan fingerprint density at radius 1 is 1.07 bits per heavy atom. The number of likely N-dealkylation sites (tertiary alicyclic amines) is 1. The Hall–Kier alpha value is -5.23. The Balaban J connectivity index is 1.15. The topological polar surface area (TPSA) is 149 Å². The summed E-state index contributed by atoms with van der Waals surface area (Å²) in [7, 11) is 0. The van der Waals surface area contributed by atoms with E-state index in [0.717, 1.165) is 5.56 Å². The normalized spacial score (nSPS) is 14.4. The first kappa shape index (κ1) is 28.3. The van der Waals surface area contributed by atoms with Crippen molar-refractivity contribution < 1.29 is 28.6 Å². The van der Waals surface area contributed by atoms with Crippen molar-refractivity contribution >= 4 is 29.2 Å². The third kappa shape index (κ3) is 7.09. The number of hydrogen-bond donors (Lipinski definition) is 5. The van der Waals surface area contributed by atoms with Crippen LogP contribution in [0.1, 0.15) is 22.3 Å². The number of aromatic amines is 1. The summed E-state index contributed by atoms with van der Waals surface area (Å²) >= 11 is 0. The van der Waals surface area contributed by atoms with Crippen molar-refractivity contribution in [2.75, 3.05) is 30.3 Å². The maximum Gasteiger partial charge on any atom is 0.323 e. The molecule has 4 aromatic rings. The molecule has 1 aliphatic heterocycles. The number of anilines is 2. The first-order valence-corrected chi connectivity index (χ1v) is 13.2. The summed E-state index contributed by atoms with van der Waals surface area (Å²) in [5, 5.41) is 17.3. The summed E-state index contributed by atoms with van der Waals surface area (Å²) < 4.78 is 19.8. The van der Waals surface area contributed by atoms with Crippen molar-refractivity contribution in [3.8, 4) is 22.9 Å². The van der Waals surface area contributed by atoms with Crippen molar-refractivity contribution in [3.63, 3.8) is 0 Å². The van der Waals surface area contributed by atoms with E-state index < -0.39 is 23.9 Å². The first-order chi connectivity index (χ1) is 20.2. The van der Waals surface area contributed by atoms with Gasteiger partial charge < -0.3 is 35.7 Å². The second-order valence-electron chi connectivity index (χ2n) is 9.83. The van der Waals surface area contributed by atoms with Crippen LogP contribution in [0, 0.1) is 12.7 Å². The number of nitrogens with zero attached hydrogens (tertiary/aromatic N) is 2. The molecule has 1 fully saturated rings. The van der Waals surface area contributed by atoms with Gasteiger partial charge in [0.15, 0.2) is 0 Å². The largest absolute Gasteiger partial charge is 0.457 e. The Morgan fingerprint density at radius 2 is 1.88 bits per heavy atom. The minimum Gasteiger partial charge on any atom is -0.457 e. The van der Waals surface area contributed by atoms with Crippen LogP contribution >= 0.6 is 0 Å². The highest BCUT2D eigenvalue weighted by Gasteiger charge is 2.24. The van der Waals surface area contributed by atoms with Gasteiger partial charge in [0.1, 0.15) is 17.3 Å². The smallest absolute Gasteiger partial charge is 0.323 e. The number of halogens is 1. The van der Waals surface area contributed by atoms with Gasteiger partial charge in [-0.05, 0) is 67.4 Å². The molecule has 2 aromatic carbocycles. The molecule has 1 atom stereocenters. The number of hydrogen-bond acceptors (Lipinski definition) is 6. The van der Waals surface area contributed by atoms with Crippen LogP contribution in [0.25, 0.3) is 11.4 Å². The number of urea groups is 1. The molecule has 1 aliphatic rings. The van der Waals surface area contributed by atoms with Gasteiger partial charge in [0.25, 0.3) is 5.91 Å². The second-order valence-corrected chi connectivity index (χ2v) is 9.83. The number of amides is 4. The lowest BCUT2D eigenvalue weighted by molar-refractivity contribution is -0.129. The maximum atomic E-state index is 13.9. The fourth-order valence-corrected chi connectivity index (χ4v) is 4.40. The van der Waals surface area contributed by atoms with Crippen LogP contribution in [0.3, 0.4) is 0 Å². The lowest BCUT2D eigenvalue weighted by atomic mass is 10.2. The minimum atomic E-state index is -0.580. The average molecular weight is 573 g/mol. The molecular formula is C30H29FN6O5. The molecule has 12 heteroatoms. The van der Waals surface area contributed by atoms with E-state index in [-0.39, 0.29) is 24.7 Å². The number of benzene rings is 2. The average Bonchev–Trinajstić information content (AvgIpc) is 3.65. The SMILES string of the molecule is Cc1ccc(F)c(NC(=O)Nc2ccc(Oc3ccnc(-c4cc(C(=O)NCC(=O)N5CC[C@H](O)C5)c[nH]4)c3)cc2)c1. The Labute approximate surface area is 240 Å². The van der Waals surface area contributed by atoms with Gasteiger partial charge in [-0.25, -0.2) is 9.18 Å². The summed E-state index contributed by atoms with van der Waals surface area (Å²) in [6.45, 7) is 2.40. The lowest BCUT2D eigenvalue weighted by Gasteiger charge is -2.15. The number of H-pyrrole nitrogens is 1. The fraction of sp³-hybridized carbons (Fsp3) is 0.200. The maximum absolute atomic E-state index is 13.9. The van der Waals surface area contributed by atoms with E-state index >= 15 is 0 Å². The van der Waals surface area contributed by atoms with Gasteiger partial charge in [0, 0.05) is 37.2 Å². The minimum absolute atomic E-state index is 0.0879. The van der Waals surface area contributed by atoms with Crippen LogP contribution in [-0.4, -0.2) is 63.6 Å². The first-order valence-electron chi connectivity index (χ1n) is 13.2. The van der Waals surface area contributed by atoms with Gasteiger partial charge in [0.05, 0.1) is 35.3 Å². The zero-order chi connectivity index (χ0) is 29.6. The number of carbonyl (C=O) groups excluding carboxylic acids is 3. The molecule has 1 saturated heterocycles. The highest BCUT2D eigenvalue weighted by Crippen LogP contribution is 2.27. The summed E-state index contributed by atoms with van der Waals surface area (Å²) in [6, 6.07) is 15.5. The van der Waals surface area contributed by atoms with Crippen molar-refractivity contribution in [2.45, 2.75) is 19.4 Å². The van der Waals surface area contributed by atoms with Crippen LogP contribution < -0.4 is 20.7 Å². The molecule has 0 bridgehead atoms. The number of pyridine rings is 1. The molecule has 11 nitrogen and oxygen atoms in total. The predicted molar refractivity (Wildman–Crippen MR) is 154 cm³/mol. The molecule has 0 saturated carbocycles. The Kier molecular flexibility index (Phi) is 8.44. The number of rotatable bonds is 8. The molecule has 0 unspecified atom stereocenters. The molecule has 4 amide bonds. The molecule has 5 rings (SSSR count). The molecule has 0 aliphatic carbocycles. The molecule has 3 heterocycles. The van der Waals surface area contributed by atoms with Crippen molar-refractivity contribution in [3.05, 3.63) is 90.0 Å². The molecular weight excluding hydrogens is 543 g/mol. The van der Waals surface area contributed by atoms with E-state index in [0.29, 0.717) is 47.1 Å². The molecule has 0 radical (unpaired) electrons. The van der Waals surface area contributed by atoms with Crippen LogP contribution in [0.5, 0.6) is 11.5 Å². The zero-order valence-corrected chi connectivity index (χ0v) is 22.7. The Morgan fingerprint density at radius 3 is 2.64 bits per heavy atom. The molecule has 0 spiro atoms. The monoisotopic (exact) mass is 572 g/mol. The van der Waals surface area contributed by atoms with E-state index in [2.05, 4.69) is 25.9 Å². The van der Waals surface area contributed by atoms with Gasteiger partial charge in [-0.3, -0.25) is 14.6 Å². The van der Waals surface area contributed by atoms with Gasteiger partial charge in [-0.2, -0.15) is 0 Å². The molecule has 216 valence electrons. The number of ether oxygens (including phenoxy) is 1.